The molecule has 0 amide bonds. The van der Waals surface area contributed by atoms with Gasteiger partial charge in [-0.2, -0.15) is 0 Å². The van der Waals surface area contributed by atoms with Gasteiger partial charge in [0.05, 0.1) is 19.8 Å². The largest absolute Gasteiger partial charge is 0.490 e. The van der Waals surface area contributed by atoms with Crippen LogP contribution in [0.15, 0.2) is 42.5 Å². The zero-order valence-electron chi connectivity index (χ0n) is 17.4. The topological polar surface area (TPSA) is 109 Å². The molecular weight excluding hydrogens is 436 g/mol. The first kappa shape index (κ1) is 22.1. The Balaban J connectivity index is 1.29. The molecule has 32 heavy (non-hydrogen) atoms. The first-order valence-electron chi connectivity index (χ1n) is 10.9. The molecule has 2 heterocycles. The fourth-order valence-electron chi connectivity index (χ4n) is 4.71. The Labute approximate surface area is 191 Å². The van der Waals surface area contributed by atoms with Crippen molar-refractivity contribution in [2.24, 2.45) is 11.8 Å². The zero-order valence-corrected chi connectivity index (χ0v) is 18.1. The summed E-state index contributed by atoms with van der Waals surface area (Å²) in [5.74, 6) is 1.89. The van der Waals surface area contributed by atoms with Gasteiger partial charge in [0, 0.05) is 16.9 Å². The smallest absolute Gasteiger partial charge is 0.119 e. The Hall–Kier alpha value is -1.71. The summed E-state index contributed by atoms with van der Waals surface area (Å²) < 4.78 is 17.1. The minimum absolute atomic E-state index is 0.263. The average Bonchev–Trinajstić information content (AvgIpc) is 3.20. The monoisotopic (exact) mass is 462 g/mol. The second kappa shape index (κ2) is 8.91. The fourth-order valence-corrected chi connectivity index (χ4v) is 4.89. The molecule has 1 aliphatic carbocycles. The van der Waals surface area contributed by atoms with E-state index in [9.17, 15) is 20.4 Å². The van der Waals surface area contributed by atoms with Crippen LogP contribution in [0, 0.1) is 11.8 Å². The number of ether oxygens (including phenoxy) is 3. The standard InChI is InChI=1S/C24H27ClO7/c25-18-6-3-13(23-22(29)21(28)20(27)19(9-26)32-23)8-14(18)7-12-1-4-15(5-2-12)31-24-16-10-30-11-17(16)24/h1-6,8,16-17,19-24,26-29H,7,9-11H2. The summed E-state index contributed by atoms with van der Waals surface area (Å²) in [6, 6.07) is 13.2. The Bertz CT molecular complexity index is 940. The number of hydrogen-bond acceptors (Lipinski definition) is 7. The van der Waals surface area contributed by atoms with Crippen LogP contribution >= 0.6 is 11.6 Å². The van der Waals surface area contributed by atoms with Gasteiger partial charge < -0.3 is 34.6 Å². The van der Waals surface area contributed by atoms with Crippen molar-refractivity contribution in [3.05, 3.63) is 64.2 Å². The number of aliphatic hydroxyl groups is 4. The van der Waals surface area contributed by atoms with E-state index in [2.05, 4.69) is 0 Å². The van der Waals surface area contributed by atoms with Crippen LogP contribution in [0.5, 0.6) is 5.75 Å². The summed E-state index contributed by atoms with van der Waals surface area (Å²) >= 11 is 6.42. The number of rotatable bonds is 6. The van der Waals surface area contributed by atoms with E-state index >= 15 is 0 Å². The van der Waals surface area contributed by atoms with Crippen LogP contribution in [0.25, 0.3) is 0 Å². The highest BCUT2D eigenvalue weighted by atomic mass is 35.5. The minimum Gasteiger partial charge on any atom is -0.490 e. The van der Waals surface area contributed by atoms with Crippen LogP contribution in [-0.4, -0.2) is 70.8 Å². The average molecular weight is 463 g/mol. The molecule has 7 unspecified atom stereocenters. The molecule has 3 fully saturated rings. The highest BCUT2D eigenvalue weighted by Gasteiger charge is 2.56. The molecule has 2 saturated heterocycles. The van der Waals surface area contributed by atoms with Gasteiger partial charge in [0.1, 0.15) is 42.4 Å². The molecule has 2 aliphatic heterocycles. The third-order valence-corrected chi connectivity index (χ3v) is 7.12. The summed E-state index contributed by atoms with van der Waals surface area (Å²) in [4.78, 5) is 0. The first-order chi connectivity index (χ1) is 15.5. The Morgan fingerprint density at radius 2 is 1.66 bits per heavy atom. The van der Waals surface area contributed by atoms with E-state index in [1.54, 1.807) is 12.1 Å². The van der Waals surface area contributed by atoms with Crippen molar-refractivity contribution in [2.75, 3.05) is 19.8 Å². The van der Waals surface area contributed by atoms with Gasteiger partial charge in [0.15, 0.2) is 0 Å². The summed E-state index contributed by atoms with van der Waals surface area (Å²) in [6.45, 7) is 1.11. The van der Waals surface area contributed by atoms with Crippen molar-refractivity contribution in [1.82, 2.24) is 0 Å². The van der Waals surface area contributed by atoms with E-state index in [4.69, 9.17) is 25.8 Å². The van der Waals surface area contributed by atoms with Crippen LogP contribution in [0.1, 0.15) is 22.8 Å². The van der Waals surface area contributed by atoms with Gasteiger partial charge in [-0.25, -0.2) is 0 Å². The predicted octanol–water partition coefficient (Wildman–Crippen LogP) is 1.47. The van der Waals surface area contributed by atoms with Crippen LogP contribution < -0.4 is 4.74 Å². The van der Waals surface area contributed by atoms with Gasteiger partial charge in [-0.15, -0.1) is 0 Å². The number of aliphatic hydroxyl groups excluding tert-OH is 4. The molecule has 4 N–H and O–H groups in total. The lowest BCUT2D eigenvalue weighted by Crippen LogP contribution is -2.55. The highest BCUT2D eigenvalue weighted by molar-refractivity contribution is 6.31. The fraction of sp³-hybridized carbons (Fsp3) is 0.500. The zero-order chi connectivity index (χ0) is 22.4. The molecule has 172 valence electrons. The number of hydrogen-bond donors (Lipinski definition) is 4. The van der Waals surface area contributed by atoms with E-state index in [1.165, 1.54) is 0 Å². The van der Waals surface area contributed by atoms with E-state index in [0.717, 1.165) is 30.1 Å². The lowest BCUT2D eigenvalue weighted by atomic mass is 9.90. The molecule has 0 bridgehead atoms. The van der Waals surface area contributed by atoms with Gasteiger partial charge in [-0.1, -0.05) is 35.9 Å². The third kappa shape index (κ3) is 4.15. The summed E-state index contributed by atoms with van der Waals surface area (Å²) in [7, 11) is 0. The Morgan fingerprint density at radius 3 is 2.34 bits per heavy atom. The quantitative estimate of drug-likeness (QED) is 0.514. The molecular formula is C24H27ClO7. The van der Waals surface area contributed by atoms with Crippen LogP contribution in [-0.2, 0) is 15.9 Å². The van der Waals surface area contributed by atoms with Gasteiger partial charge in [0.25, 0.3) is 0 Å². The number of halogens is 1. The van der Waals surface area contributed by atoms with Gasteiger partial charge in [0.2, 0.25) is 0 Å². The predicted molar refractivity (Wildman–Crippen MR) is 116 cm³/mol. The van der Waals surface area contributed by atoms with Crippen LogP contribution in [0.2, 0.25) is 5.02 Å². The highest BCUT2D eigenvalue weighted by Crippen LogP contribution is 2.46. The van der Waals surface area contributed by atoms with Crippen molar-refractivity contribution < 1.29 is 34.6 Å². The van der Waals surface area contributed by atoms with Crippen molar-refractivity contribution in [3.63, 3.8) is 0 Å². The van der Waals surface area contributed by atoms with E-state index < -0.39 is 37.1 Å². The lowest BCUT2D eigenvalue weighted by Gasteiger charge is -2.40. The molecule has 1 saturated carbocycles. The van der Waals surface area contributed by atoms with E-state index in [1.807, 2.05) is 30.3 Å². The van der Waals surface area contributed by atoms with Crippen LogP contribution in [0.3, 0.4) is 0 Å². The van der Waals surface area contributed by atoms with E-state index in [-0.39, 0.29) is 6.10 Å². The third-order valence-electron chi connectivity index (χ3n) is 6.75. The second-order valence-corrected chi connectivity index (χ2v) is 9.28. The van der Waals surface area contributed by atoms with Gasteiger partial charge in [-0.3, -0.25) is 0 Å². The Morgan fingerprint density at radius 1 is 0.938 bits per heavy atom. The molecule has 7 atom stereocenters. The maximum absolute atomic E-state index is 10.4. The van der Waals surface area contributed by atoms with Crippen molar-refractivity contribution in [3.8, 4) is 5.75 Å². The Kier molecular flexibility index (Phi) is 6.15. The maximum atomic E-state index is 10.4. The molecule has 2 aromatic carbocycles. The number of benzene rings is 2. The first-order valence-corrected chi connectivity index (χ1v) is 11.3. The summed E-state index contributed by atoms with van der Waals surface area (Å²) in [5.41, 5.74) is 2.50. The molecule has 3 aliphatic rings. The molecule has 5 rings (SSSR count). The SMILES string of the molecule is OCC1OC(c2ccc(Cl)c(Cc3ccc(OC4C5COCC54)cc3)c2)C(O)C(O)C1O. The van der Waals surface area contributed by atoms with Gasteiger partial charge in [-0.05, 0) is 41.3 Å². The lowest BCUT2D eigenvalue weighted by molar-refractivity contribution is -0.231. The molecule has 8 heteroatoms. The summed E-state index contributed by atoms with van der Waals surface area (Å²) in [6.07, 6.45) is -5.16. The molecule has 2 aromatic rings. The minimum atomic E-state index is -1.42. The van der Waals surface area contributed by atoms with Crippen LogP contribution in [0.4, 0.5) is 0 Å². The molecule has 0 aromatic heterocycles. The second-order valence-electron chi connectivity index (χ2n) is 8.87. The number of fused-ring (bicyclic) bond motifs is 1. The normalized spacial score (nSPS) is 36.0. The van der Waals surface area contributed by atoms with Crippen molar-refractivity contribution >= 4 is 11.6 Å². The molecule has 7 nitrogen and oxygen atoms in total. The maximum Gasteiger partial charge on any atom is 0.119 e. The molecule has 0 radical (unpaired) electrons. The van der Waals surface area contributed by atoms with Gasteiger partial charge >= 0.3 is 0 Å². The van der Waals surface area contributed by atoms with E-state index in [0.29, 0.717) is 28.8 Å². The van der Waals surface area contributed by atoms with Crippen molar-refractivity contribution in [1.29, 1.82) is 0 Å². The summed E-state index contributed by atoms with van der Waals surface area (Å²) in [5, 5.41) is 40.5. The molecule has 0 spiro atoms. The van der Waals surface area contributed by atoms with Crippen molar-refractivity contribution in [2.45, 2.75) is 43.0 Å².